The summed E-state index contributed by atoms with van der Waals surface area (Å²) in [5, 5.41) is 23.2. The third-order valence-electron chi connectivity index (χ3n) is 5.32. The number of nitro groups is 1. The molecule has 1 heterocycles. The van der Waals surface area contributed by atoms with Crippen molar-refractivity contribution in [2.75, 3.05) is 39.3 Å². The molecule has 3 rings (SSSR count). The lowest BCUT2D eigenvalue weighted by Crippen LogP contribution is -2.52. The van der Waals surface area contributed by atoms with Gasteiger partial charge >= 0.3 is 0 Å². The Morgan fingerprint density at radius 1 is 1.15 bits per heavy atom. The molecule has 0 saturated carbocycles. The molecule has 172 valence electrons. The fourth-order valence-corrected chi connectivity index (χ4v) is 3.89. The molecule has 1 fully saturated rings. The predicted molar refractivity (Wildman–Crippen MR) is 123 cm³/mol. The highest BCUT2D eigenvalue weighted by atomic mass is 35.5. The summed E-state index contributed by atoms with van der Waals surface area (Å²) in [6.45, 7) is 1.08. The van der Waals surface area contributed by atoms with Crippen LogP contribution in [0.1, 0.15) is 17.2 Å². The minimum Gasteiger partial charge on any atom is -0.481 e. The molecule has 0 aromatic heterocycles. The molecule has 0 bridgehead atoms. The first-order valence-corrected chi connectivity index (χ1v) is 10.6. The molecule has 10 heteroatoms. The molecule has 0 radical (unpaired) electrons. The monoisotopic (exact) mass is 470 g/mol. The van der Waals surface area contributed by atoms with Gasteiger partial charge in [-0.3, -0.25) is 19.8 Å². The molecule has 1 unspecified atom stereocenters. The summed E-state index contributed by atoms with van der Waals surface area (Å²) in [6, 6.07) is 15.1. The van der Waals surface area contributed by atoms with E-state index >= 15 is 0 Å². The van der Waals surface area contributed by atoms with E-state index in [9.17, 15) is 14.9 Å². The number of rotatable bonds is 8. The van der Waals surface area contributed by atoms with Crippen molar-refractivity contribution in [2.24, 2.45) is 5.16 Å². The molecule has 1 amide bonds. The van der Waals surface area contributed by atoms with Crippen molar-refractivity contribution in [1.82, 2.24) is 9.80 Å². The number of carbonyl (C=O) groups excluding carboxylic acids is 1. The molecule has 0 aliphatic carbocycles. The average Bonchev–Trinajstić information content (AvgIpc) is 2.83. The predicted octanol–water partition coefficient (Wildman–Crippen LogP) is 2.69. The van der Waals surface area contributed by atoms with Crippen LogP contribution in [0.25, 0.3) is 0 Å². The first-order chi connectivity index (χ1) is 15.9. The lowest BCUT2D eigenvalue weighted by Gasteiger charge is -2.39. The lowest BCUT2D eigenvalue weighted by atomic mass is 9.96. The van der Waals surface area contributed by atoms with Gasteiger partial charge in [0.1, 0.15) is 12.4 Å². The lowest BCUT2D eigenvalue weighted by molar-refractivity contribution is -0.463. The SMILES string of the molecule is C#CCOc1ccc(C(c2ccc(Cl)cc2)N2CCN(C(=O)/C(C[N+](=O)[O-])=N/O)CC2)cc1. The highest BCUT2D eigenvalue weighted by Gasteiger charge is 2.31. The smallest absolute Gasteiger partial charge is 0.278 e. The van der Waals surface area contributed by atoms with E-state index in [1.165, 1.54) is 4.90 Å². The normalized spacial score (nSPS) is 15.5. The van der Waals surface area contributed by atoms with Gasteiger partial charge in [0.2, 0.25) is 5.71 Å². The Hall–Kier alpha value is -3.61. The summed E-state index contributed by atoms with van der Waals surface area (Å²) in [4.78, 5) is 26.2. The van der Waals surface area contributed by atoms with Gasteiger partial charge in [0.25, 0.3) is 12.5 Å². The summed E-state index contributed by atoms with van der Waals surface area (Å²) in [7, 11) is 0. The van der Waals surface area contributed by atoms with Crippen LogP contribution in [-0.2, 0) is 4.79 Å². The molecular formula is C23H23ClN4O5. The van der Waals surface area contributed by atoms with E-state index in [0.717, 1.165) is 11.1 Å². The first kappa shape index (κ1) is 24.0. The van der Waals surface area contributed by atoms with Gasteiger partial charge in [0, 0.05) is 36.1 Å². The molecule has 9 nitrogen and oxygen atoms in total. The van der Waals surface area contributed by atoms with E-state index in [2.05, 4.69) is 16.0 Å². The molecule has 0 spiro atoms. The van der Waals surface area contributed by atoms with Gasteiger partial charge in [-0.05, 0) is 35.4 Å². The molecule has 2 aromatic carbocycles. The van der Waals surface area contributed by atoms with Crippen LogP contribution in [0.4, 0.5) is 0 Å². The number of benzene rings is 2. The maximum atomic E-state index is 12.5. The van der Waals surface area contributed by atoms with Crippen LogP contribution in [0.5, 0.6) is 5.75 Å². The van der Waals surface area contributed by atoms with Crippen LogP contribution in [-0.4, -0.2) is 70.9 Å². The molecule has 1 N–H and O–H groups in total. The van der Waals surface area contributed by atoms with E-state index in [0.29, 0.717) is 37.0 Å². The average molecular weight is 471 g/mol. The van der Waals surface area contributed by atoms with Crippen LogP contribution in [0.2, 0.25) is 5.02 Å². The largest absolute Gasteiger partial charge is 0.481 e. The van der Waals surface area contributed by atoms with Gasteiger partial charge in [0.15, 0.2) is 0 Å². The van der Waals surface area contributed by atoms with Gasteiger partial charge in [-0.2, -0.15) is 0 Å². The summed E-state index contributed by atoms with van der Waals surface area (Å²) in [5.74, 6) is 2.47. The zero-order valence-electron chi connectivity index (χ0n) is 17.8. The maximum absolute atomic E-state index is 12.5. The third kappa shape index (κ3) is 6.22. The number of amides is 1. The fraction of sp³-hybridized carbons (Fsp3) is 0.304. The second-order valence-corrected chi connectivity index (χ2v) is 7.82. The maximum Gasteiger partial charge on any atom is 0.278 e. The second-order valence-electron chi connectivity index (χ2n) is 7.38. The fourth-order valence-electron chi connectivity index (χ4n) is 3.76. The van der Waals surface area contributed by atoms with Gasteiger partial charge < -0.3 is 14.8 Å². The zero-order chi connectivity index (χ0) is 23.8. The van der Waals surface area contributed by atoms with E-state index in [4.69, 9.17) is 28.0 Å². The number of carbonyl (C=O) groups is 1. The number of hydrogen-bond acceptors (Lipinski definition) is 7. The van der Waals surface area contributed by atoms with Crippen LogP contribution in [0, 0.1) is 22.5 Å². The quantitative estimate of drug-likeness (QED) is 0.209. The zero-order valence-corrected chi connectivity index (χ0v) is 18.5. The van der Waals surface area contributed by atoms with Gasteiger partial charge in [0.05, 0.1) is 6.04 Å². The Morgan fingerprint density at radius 2 is 1.73 bits per heavy atom. The van der Waals surface area contributed by atoms with E-state index in [1.54, 1.807) is 0 Å². The molecule has 33 heavy (non-hydrogen) atoms. The molecule has 2 aromatic rings. The first-order valence-electron chi connectivity index (χ1n) is 10.2. The van der Waals surface area contributed by atoms with E-state index in [1.807, 2.05) is 48.5 Å². The summed E-state index contributed by atoms with van der Waals surface area (Å²) in [6.07, 6.45) is 5.25. The highest BCUT2D eigenvalue weighted by molar-refractivity contribution is 6.39. The van der Waals surface area contributed by atoms with Crippen LogP contribution >= 0.6 is 11.6 Å². The molecule has 1 aliphatic rings. The minimum absolute atomic E-state index is 0.106. The number of hydrogen-bond donors (Lipinski definition) is 1. The highest BCUT2D eigenvalue weighted by Crippen LogP contribution is 2.31. The number of nitrogens with zero attached hydrogens (tertiary/aromatic N) is 4. The van der Waals surface area contributed by atoms with Crippen LogP contribution in [0.3, 0.4) is 0 Å². The molecule has 1 atom stereocenters. The van der Waals surface area contributed by atoms with Crippen molar-refractivity contribution >= 4 is 23.2 Å². The van der Waals surface area contributed by atoms with Crippen molar-refractivity contribution in [3.8, 4) is 18.1 Å². The van der Waals surface area contributed by atoms with Crippen LogP contribution < -0.4 is 4.74 Å². The number of terminal acetylenes is 1. The molecule has 1 saturated heterocycles. The van der Waals surface area contributed by atoms with Gasteiger partial charge in [-0.1, -0.05) is 46.9 Å². The Kier molecular flexibility index (Phi) is 8.24. The van der Waals surface area contributed by atoms with Crippen molar-refractivity contribution < 1.29 is 19.7 Å². The van der Waals surface area contributed by atoms with Gasteiger partial charge in [-0.25, -0.2) is 0 Å². The standard InChI is InChI=1S/C23H23ClN4O5/c1-2-15-33-20-9-5-18(6-10-20)22(17-3-7-19(24)8-4-17)26-11-13-27(14-12-26)23(29)21(25-30)16-28(31)32/h1,3-10,22,30H,11-16H2/b25-21+. The number of halogens is 1. The Morgan fingerprint density at radius 3 is 2.24 bits per heavy atom. The second kappa shape index (κ2) is 11.3. The summed E-state index contributed by atoms with van der Waals surface area (Å²) >= 11 is 6.08. The Bertz CT molecular complexity index is 1040. The van der Waals surface area contributed by atoms with Crippen molar-refractivity contribution in [3.63, 3.8) is 0 Å². The number of oxime groups is 1. The summed E-state index contributed by atoms with van der Waals surface area (Å²) < 4.78 is 5.47. The molecule has 1 aliphatic heterocycles. The summed E-state index contributed by atoms with van der Waals surface area (Å²) in [5.41, 5.74) is 1.57. The van der Waals surface area contributed by atoms with Crippen LogP contribution in [0.15, 0.2) is 53.7 Å². The van der Waals surface area contributed by atoms with Crippen molar-refractivity contribution in [3.05, 3.63) is 74.8 Å². The minimum atomic E-state index is -0.822. The van der Waals surface area contributed by atoms with E-state index < -0.39 is 23.1 Å². The topological polar surface area (TPSA) is 109 Å². The van der Waals surface area contributed by atoms with Crippen molar-refractivity contribution in [1.29, 1.82) is 0 Å². The van der Waals surface area contributed by atoms with Crippen molar-refractivity contribution in [2.45, 2.75) is 6.04 Å². The van der Waals surface area contributed by atoms with Gasteiger partial charge in [-0.15, -0.1) is 6.42 Å². The third-order valence-corrected chi connectivity index (χ3v) is 5.57. The number of ether oxygens (including phenoxy) is 1. The Labute approximate surface area is 196 Å². The number of piperazine rings is 1. The Balaban J connectivity index is 1.78. The molecular weight excluding hydrogens is 448 g/mol. The van der Waals surface area contributed by atoms with E-state index in [-0.39, 0.29) is 12.6 Å².